The summed E-state index contributed by atoms with van der Waals surface area (Å²) in [5.74, 6) is -1.21. The molecule has 0 radical (unpaired) electrons. The Kier molecular flexibility index (Phi) is 6.12. The third-order valence-corrected chi connectivity index (χ3v) is 6.00. The summed E-state index contributed by atoms with van der Waals surface area (Å²) >= 11 is 0. The van der Waals surface area contributed by atoms with Crippen LogP contribution in [0.5, 0.6) is 0 Å². The van der Waals surface area contributed by atoms with Gasteiger partial charge in [0.2, 0.25) is 0 Å². The maximum Gasteiger partial charge on any atom is 0.303 e. The number of carboxylic acids is 1. The Balaban J connectivity index is 1.64. The SMILES string of the molecule is O=C(O)CCCC=CC[C@H]1C(=O)C[C@@H](O)[C@@H]1c1ccc(C2(O)CCC2)cc1. The highest BCUT2D eigenvalue weighted by atomic mass is 16.4. The molecule has 5 nitrogen and oxygen atoms in total. The van der Waals surface area contributed by atoms with E-state index >= 15 is 0 Å². The zero-order valence-electron chi connectivity index (χ0n) is 15.5. The lowest BCUT2D eigenvalue weighted by Gasteiger charge is -2.37. The van der Waals surface area contributed by atoms with Crippen LogP contribution < -0.4 is 0 Å². The summed E-state index contributed by atoms with van der Waals surface area (Å²) < 4.78 is 0. The van der Waals surface area contributed by atoms with Gasteiger partial charge in [-0.25, -0.2) is 0 Å². The third kappa shape index (κ3) is 4.47. The van der Waals surface area contributed by atoms with Crippen LogP contribution in [0.15, 0.2) is 36.4 Å². The van der Waals surface area contributed by atoms with E-state index in [1.54, 1.807) is 0 Å². The van der Waals surface area contributed by atoms with Gasteiger partial charge in [0.15, 0.2) is 0 Å². The fourth-order valence-electron chi connectivity index (χ4n) is 4.23. The number of hydrogen-bond acceptors (Lipinski definition) is 4. The molecule has 2 aliphatic carbocycles. The van der Waals surface area contributed by atoms with Crippen LogP contribution in [-0.4, -0.2) is 33.2 Å². The largest absolute Gasteiger partial charge is 0.481 e. The van der Waals surface area contributed by atoms with Crippen LogP contribution in [0.3, 0.4) is 0 Å². The van der Waals surface area contributed by atoms with E-state index in [2.05, 4.69) is 0 Å². The van der Waals surface area contributed by atoms with Gasteiger partial charge in [-0.15, -0.1) is 0 Å². The molecule has 2 saturated carbocycles. The molecule has 5 heteroatoms. The molecule has 0 amide bonds. The number of rotatable bonds is 8. The first-order valence-electron chi connectivity index (χ1n) is 9.81. The highest BCUT2D eigenvalue weighted by molar-refractivity contribution is 5.85. The van der Waals surface area contributed by atoms with Gasteiger partial charge in [-0.3, -0.25) is 9.59 Å². The lowest BCUT2D eigenvalue weighted by atomic mass is 9.74. The minimum absolute atomic E-state index is 0.0735. The molecular formula is C22H28O5. The van der Waals surface area contributed by atoms with Crippen LogP contribution in [0, 0.1) is 5.92 Å². The Morgan fingerprint density at radius 1 is 1.19 bits per heavy atom. The number of aliphatic carboxylic acids is 1. The van der Waals surface area contributed by atoms with Crippen molar-refractivity contribution in [3.8, 4) is 0 Å². The number of hydrogen-bond donors (Lipinski definition) is 3. The van der Waals surface area contributed by atoms with E-state index in [0.29, 0.717) is 19.3 Å². The van der Waals surface area contributed by atoms with Gasteiger partial charge in [0.1, 0.15) is 5.78 Å². The second kappa shape index (κ2) is 8.36. The molecule has 0 heterocycles. The first kappa shape index (κ1) is 19.8. The van der Waals surface area contributed by atoms with Crippen LogP contribution in [0.1, 0.15) is 68.4 Å². The fraction of sp³-hybridized carbons (Fsp3) is 0.545. The monoisotopic (exact) mass is 372 g/mol. The van der Waals surface area contributed by atoms with Crippen molar-refractivity contribution >= 4 is 11.8 Å². The Morgan fingerprint density at radius 3 is 2.48 bits per heavy atom. The summed E-state index contributed by atoms with van der Waals surface area (Å²) in [7, 11) is 0. The van der Waals surface area contributed by atoms with Gasteiger partial charge in [-0.2, -0.15) is 0 Å². The summed E-state index contributed by atoms with van der Waals surface area (Å²) in [6.45, 7) is 0. The lowest BCUT2D eigenvalue weighted by molar-refractivity contribution is -0.137. The number of unbranched alkanes of at least 4 members (excludes halogenated alkanes) is 1. The third-order valence-electron chi connectivity index (χ3n) is 6.00. The number of allylic oxidation sites excluding steroid dienone is 2. The molecule has 0 spiro atoms. The first-order valence-corrected chi connectivity index (χ1v) is 9.81. The van der Waals surface area contributed by atoms with E-state index in [1.165, 1.54) is 0 Å². The number of Topliss-reactive ketones (excluding diaryl/α,β-unsaturated/α-hetero) is 1. The molecule has 0 aromatic heterocycles. The van der Waals surface area contributed by atoms with Crippen molar-refractivity contribution in [2.45, 2.75) is 69.0 Å². The highest BCUT2D eigenvalue weighted by Gasteiger charge is 2.42. The van der Waals surface area contributed by atoms with E-state index in [0.717, 1.165) is 30.4 Å². The van der Waals surface area contributed by atoms with Gasteiger partial charge in [-0.05, 0) is 49.7 Å². The highest BCUT2D eigenvalue weighted by Crippen LogP contribution is 2.43. The fourth-order valence-corrected chi connectivity index (χ4v) is 4.23. The molecule has 0 unspecified atom stereocenters. The predicted octanol–water partition coefficient (Wildman–Crippen LogP) is 3.29. The Hall–Kier alpha value is -1.98. The zero-order chi connectivity index (χ0) is 19.4. The van der Waals surface area contributed by atoms with E-state index in [4.69, 9.17) is 5.11 Å². The summed E-state index contributed by atoms with van der Waals surface area (Å²) in [4.78, 5) is 22.9. The quantitative estimate of drug-likeness (QED) is 0.481. The molecule has 3 atom stereocenters. The van der Waals surface area contributed by atoms with Crippen molar-refractivity contribution in [1.29, 1.82) is 0 Å². The number of carbonyl (C=O) groups excluding carboxylic acids is 1. The van der Waals surface area contributed by atoms with Crippen LogP contribution in [0.2, 0.25) is 0 Å². The molecule has 0 aliphatic heterocycles. The molecule has 3 rings (SSSR count). The smallest absolute Gasteiger partial charge is 0.303 e. The van der Waals surface area contributed by atoms with Crippen molar-refractivity contribution < 1.29 is 24.9 Å². The number of aliphatic hydroxyl groups excluding tert-OH is 1. The molecule has 0 bridgehead atoms. The molecule has 0 saturated heterocycles. The molecule has 27 heavy (non-hydrogen) atoms. The number of carbonyl (C=O) groups is 2. The summed E-state index contributed by atoms with van der Waals surface area (Å²) in [5.41, 5.74) is 1.14. The molecular weight excluding hydrogens is 344 g/mol. The first-order chi connectivity index (χ1) is 12.9. The summed E-state index contributed by atoms with van der Waals surface area (Å²) in [5, 5.41) is 29.5. The maximum absolute atomic E-state index is 12.3. The van der Waals surface area contributed by atoms with Crippen LogP contribution in [-0.2, 0) is 15.2 Å². The van der Waals surface area contributed by atoms with Gasteiger partial charge < -0.3 is 15.3 Å². The average Bonchev–Trinajstić information content (AvgIpc) is 2.89. The van der Waals surface area contributed by atoms with E-state index in [9.17, 15) is 19.8 Å². The maximum atomic E-state index is 12.3. The van der Waals surface area contributed by atoms with Crippen LogP contribution >= 0.6 is 0 Å². The summed E-state index contributed by atoms with van der Waals surface area (Å²) in [6.07, 6.45) is 7.91. The average molecular weight is 372 g/mol. The van der Waals surface area contributed by atoms with E-state index in [-0.39, 0.29) is 30.5 Å². The summed E-state index contributed by atoms with van der Waals surface area (Å²) in [6, 6.07) is 7.70. The second-order valence-corrected chi connectivity index (χ2v) is 7.87. The van der Waals surface area contributed by atoms with Crippen LogP contribution in [0.25, 0.3) is 0 Å². The second-order valence-electron chi connectivity index (χ2n) is 7.87. The lowest BCUT2D eigenvalue weighted by Crippen LogP contribution is -2.33. The Morgan fingerprint density at radius 2 is 1.89 bits per heavy atom. The minimum Gasteiger partial charge on any atom is -0.481 e. The van der Waals surface area contributed by atoms with Crippen molar-refractivity contribution in [2.75, 3.05) is 0 Å². The molecule has 2 fully saturated rings. The Labute approximate surface area is 159 Å². The number of benzene rings is 1. The molecule has 2 aliphatic rings. The zero-order valence-corrected chi connectivity index (χ0v) is 15.5. The standard InChI is InChI=1S/C22H28O5/c23-18-14-19(24)21(17(18)6-3-1-2-4-7-20(25)26)15-8-10-16(11-9-15)22(27)12-5-13-22/h1,3,8-11,17,19,21,24,27H,2,4-7,12-14H2,(H,25,26)/t17-,19+,21+/m0/s1. The molecule has 3 N–H and O–H groups in total. The molecule has 1 aromatic carbocycles. The van der Waals surface area contributed by atoms with Gasteiger partial charge in [0.25, 0.3) is 0 Å². The van der Waals surface area contributed by atoms with Gasteiger partial charge in [-0.1, -0.05) is 36.4 Å². The van der Waals surface area contributed by atoms with Crippen molar-refractivity contribution in [1.82, 2.24) is 0 Å². The van der Waals surface area contributed by atoms with Gasteiger partial charge in [0.05, 0.1) is 11.7 Å². The topological polar surface area (TPSA) is 94.8 Å². The molecule has 1 aromatic rings. The van der Waals surface area contributed by atoms with E-state index < -0.39 is 17.7 Å². The van der Waals surface area contributed by atoms with Gasteiger partial charge in [0, 0.05) is 24.7 Å². The normalized spacial score (nSPS) is 27.0. The number of ketones is 1. The Bertz CT molecular complexity index is 702. The van der Waals surface area contributed by atoms with Crippen LogP contribution in [0.4, 0.5) is 0 Å². The molecule has 146 valence electrons. The van der Waals surface area contributed by atoms with E-state index in [1.807, 2.05) is 36.4 Å². The number of carboxylic acid groups (broad SMARTS) is 1. The number of aliphatic hydroxyl groups is 2. The predicted molar refractivity (Wildman–Crippen MR) is 101 cm³/mol. The minimum atomic E-state index is -0.799. The van der Waals surface area contributed by atoms with Crippen molar-refractivity contribution in [2.24, 2.45) is 5.92 Å². The van der Waals surface area contributed by atoms with Gasteiger partial charge >= 0.3 is 5.97 Å². The van der Waals surface area contributed by atoms with Crippen molar-refractivity contribution in [3.63, 3.8) is 0 Å². The van der Waals surface area contributed by atoms with Crippen molar-refractivity contribution in [3.05, 3.63) is 47.5 Å².